The Morgan fingerprint density at radius 3 is 2.85 bits per heavy atom. The molecule has 0 aliphatic carbocycles. The maximum absolute atomic E-state index is 12.0. The number of imide groups is 1. The zero-order chi connectivity index (χ0) is 18.9. The van der Waals surface area contributed by atoms with E-state index in [1.807, 2.05) is 5.32 Å². The van der Waals surface area contributed by atoms with Crippen molar-refractivity contribution in [3.8, 4) is 5.75 Å². The van der Waals surface area contributed by atoms with E-state index in [0.717, 1.165) is 0 Å². The van der Waals surface area contributed by atoms with Crippen molar-refractivity contribution in [3.63, 3.8) is 0 Å². The Balaban J connectivity index is 1.77. The molecule has 0 bridgehead atoms. The first-order valence-electron chi connectivity index (χ1n) is 7.87. The summed E-state index contributed by atoms with van der Waals surface area (Å²) in [6, 6.07) is 6.28. The highest BCUT2D eigenvalue weighted by Crippen LogP contribution is 2.31. The van der Waals surface area contributed by atoms with Crippen LogP contribution in [0.25, 0.3) is 0 Å². The number of amides is 4. The van der Waals surface area contributed by atoms with Gasteiger partial charge in [0.2, 0.25) is 0 Å². The largest absolute Gasteiger partial charge is 0.482 e. The van der Waals surface area contributed by atoms with Gasteiger partial charge in [-0.05, 0) is 12.1 Å². The Kier molecular flexibility index (Phi) is 6.72. The SMILES string of the molecule is C=CCNC(=O)NC(=O)COC(=O)CCN1C(=O)COc2ccccc21. The number of benzene rings is 1. The molecule has 0 fully saturated rings. The van der Waals surface area contributed by atoms with Crippen molar-refractivity contribution in [1.82, 2.24) is 10.6 Å². The number of carbonyl (C=O) groups excluding carboxylic acids is 4. The molecule has 9 nitrogen and oxygen atoms in total. The van der Waals surface area contributed by atoms with Gasteiger partial charge in [0.15, 0.2) is 13.2 Å². The zero-order valence-electron chi connectivity index (χ0n) is 14.0. The molecule has 26 heavy (non-hydrogen) atoms. The third-order valence-electron chi connectivity index (χ3n) is 3.37. The van der Waals surface area contributed by atoms with Gasteiger partial charge in [-0.3, -0.25) is 19.7 Å². The predicted octanol–water partition coefficient (Wildman–Crippen LogP) is 0.357. The molecule has 0 atom stereocenters. The van der Waals surface area contributed by atoms with E-state index in [1.165, 1.54) is 11.0 Å². The van der Waals surface area contributed by atoms with Crippen molar-refractivity contribution in [2.45, 2.75) is 6.42 Å². The highest BCUT2D eigenvalue weighted by molar-refractivity contribution is 5.98. The molecule has 0 saturated heterocycles. The molecule has 4 amide bonds. The van der Waals surface area contributed by atoms with Crippen molar-refractivity contribution in [3.05, 3.63) is 36.9 Å². The first kappa shape index (κ1) is 19.0. The number of nitrogens with zero attached hydrogens (tertiary/aromatic N) is 1. The number of rotatable bonds is 7. The molecule has 1 aliphatic rings. The first-order chi connectivity index (χ1) is 12.5. The van der Waals surface area contributed by atoms with Crippen LogP contribution in [0.2, 0.25) is 0 Å². The van der Waals surface area contributed by atoms with E-state index >= 15 is 0 Å². The lowest BCUT2D eigenvalue weighted by atomic mass is 10.2. The fourth-order valence-electron chi connectivity index (χ4n) is 2.19. The maximum atomic E-state index is 12.0. The van der Waals surface area contributed by atoms with E-state index in [2.05, 4.69) is 11.9 Å². The molecule has 0 spiro atoms. The van der Waals surface area contributed by atoms with E-state index in [0.29, 0.717) is 11.4 Å². The lowest BCUT2D eigenvalue weighted by Crippen LogP contribution is -2.42. The number of esters is 1. The van der Waals surface area contributed by atoms with E-state index < -0.39 is 24.5 Å². The Labute approximate surface area is 149 Å². The molecule has 138 valence electrons. The summed E-state index contributed by atoms with van der Waals surface area (Å²) >= 11 is 0. The molecule has 1 aromatic rings. The van der Waals surface area contributed by atoms with Gasteiger partial charge >= 0.3 is 12.0 Å². The molecule has 2 rings (SSSR count). The average Bonchev–Trinajstić information content (AvgIpc) is 2.64. The van der Waals surface area contributed by atoms with Crippen LogP contribution in [0.1, 0.15) is 6.42 Å². The molecular formula is C17H19N3O6. The van der Waals surface area contributed by atoms with Crippen LogP contribution in [0, 0.1) is 0 Å². The summed E-state index contributed by atoms with van der Waals surface area (Å²) in [5, 5.41) is 4.35. The molecule has 0 unspecified atom stereocenters. The van der Waals surface area contributed by atoms with Crippen molar-refractivity contribution >= 4 is 29.5 Å². The van der Waals surface area contributed by atoms with Gasteiger partial charge in [-0.15, -0.1) is 6.58 Å². The monoisotopic (exact) mass is 361 g/mol. The number of para-hydroxylation sites is 2. The molecular weight excluding hydrogens is 342 g/mol. The summed E-state index contributed by atoms with van der Waals surface area (Å²) in [7, 11) is 0. The van der Waals surface area contributed by atoms with Gasteiger partial charge in [-0.25, -0.2) is 4.79 Å². The van der Waals surface area contributed by atoms with E-state index in [4.69, 9.17) is 9.47 Å². The topological polar surface area (TPSA) is 114 Å². The summed E-state index contributed by atoms with van der Waals surface area (Å²) in [4.78, 5) is 47.9. The third kappa shape index (κ3) is 5.33. The molecule has 1 aromatic carbocycles. The molecule has 0 saturated carbocycles. The number of hydrogen-bond acceptors (Lipinski definition) is 6. The molecule has 1 heterocycles. The molecule has 0 aromatic heterocycles. The predicted molar refractivity (Wildman–Crippen MR) is 91.6 cm³/mol. The van der Waals surface area contributed by atoms with Crippen LogP contribution in [-0.2, 0) is 19.1 Å². The van der Waals surface area contributed by atoms with E-state index in [9.17, 15) is 19.2 Å². The third-order valence-corrected chi connectivity index (χ3v) is 3.37. The number of urea groups is 1. The van der Waals surface area contributed by atoms with Crippen LogP contribution in [0.4, 0.5) is 10.5 Å². The maximum Gasteiger partial charge on any atom is 0.321 e. The minimum atomic E-state index is -0.757. The van der Waals surface area contributed by atoms with Gasteiger partial charge < -0.3 is 19.7 Å². The van der Waals surface area contributed by atoms with Gasteiger partial charge in [-0.1, -0.05) is 18.2 Å². The average molecular weight is 361 g/mol. The van der Waals surface area contributed by atoms with Gasteiger partial charge in [0, 0.05) is 13.1 Å². The second kappa shape index (κ2) is 9.21. The number of anilines is 1. The van der Waals surface area contributed by atoms with Crippen LogP contribution in [-0.4, -0.2) is 50.1 Å². The van der Waals surface area contributed by atoms with Crippen LogP contribution in [0.15, 0.2) is 36.9 Å². The van der Waals surface area contributed by atoms with Crippen LogP contribution in [0.5, 0.6) is 5.75 Å². The molecule has 2 N–H and O–H groups in total. The second-order valence-corrected chi connectivity index (χ2v) is 5.26. The van der Waals surface area contributed by atoms with E-state index in [-0.39, 0.29) is 32.0 Å². The Morgan fingerprint density at radius 1 is 1.31 bits per heavy atom. The summed E-state index contributed by atoms with van der Waals surface area (Å²) < 4.78 is 10.1. The van der Waals surface area contributed by atoms with Crippen LogP contribution < -0.4 is 20.3 Å². The fraction of sp³-hybridized carbons (Fsp3) is 0.294. The minimum absolute atomic E-state index is 0.0967. The molecule has 1 aliphatic heterocycles. The van der Waals surface area contributed by atoms with Gasteiger partial charge in [0.25, 0.3) is 11.8 Å². The minimum Gasteiger partial charge on any atom is -0.482 e. The number of ether oxygens (including phenoxy) is 2. The summed E-state index contributed by atoms with van der Waals surface area (Å²) in [6.07, 6.45) is 1.35. The molecule has 9 heteroatoms. The van der Waals surface area contributed by atoms with Crippen molar-refractivity contribution in [1.29, 1.82) is 0 Å². The van der Waals surface area contributed by atoms with Crippen LogP contribution in [0.3, 0.4) is 0 Å². The Hall–Kier alpha value is -3.36. The standard InChI is InChI=1S/C17H19N3O6/c1-2-8-18-17(24)19-14(21)10-26-16(23)7-9-20-12-5-3-4-6-13(12)25-11-15(20)22/h2-6H,1,7-11H2,(H2,18,19,21,24). The quantitative estimate of drug-likeness (QED) is 0.535. The number of nitrogens with one attached hydrogen (secondary N) is 2. The van der Waals surface area contributed by atoms with Gasteiger partial charge in [-0.2, -0.15) is 0 Å². The lowest BCUT2D eigenvalue weighted by Gasteiger charge is -2.28. The highest BCUT2D eigenvalue weighted by atomic mass is 16.5. The number of carbonyl (C=O) groups is 4. The fourth-order valence-corrected chi connectivity index (χ4v) is 2.19. The van der Waals surface area contributed by atoms with Gasteiger partial charge in [0.1, 0.15) is 5.75 Å². The smallest absolute Gasteiger partial charge is 0.321 e. The molecule has 0 radical (unpaired) electrons. The van der Waals surface area contributed by atoms with Gasteiger partial charge in [0.05, 0.1) is 12.1 Å². The number of hydrogen-bond donors (Lipinski definition) is 2. The summed E-state index contributed by atoms with van der Waals surface area (Å²) in [6.45, 7) is 3.02. The zero-order valence-corrected chi connectivity index (χ0v) is 14.0. The van der Waals surface area contributed by atoms with E-state index in [1.54, 1.807) is 24.3 Å². The summed E-state index contributed by atoms with van der Waals surface area (Å²) in [5.41, 5.74) is 0.577. The highest BCUT2D eigenvalue weighted by Gasteiger charge is 2.25. The summed E-state index contributed by atoms with van der Waals surface area (Å²) in [5.74, 6) is -1.13. The van der Waals surface area contributed by atoms with Crippen molar-refractivity contribution in [2.24, 2.45) is 0 Å². The van der Waals surface area contributed by atoms with Crippen LogP contribution >= 0.6 is 0 Å². The lowest BCUT2D eigenvalue weighted by molar-refractivity contribution is -0.148. The van der Waals surface area contributed by atoms with Crippen molar-refractivity contribution in [2.75, 3.05) is 31.2 Å². The Morgan fingerprint density at radius 2 is 2.08 bits per heavy atom. The van der Waals surface area contributed by atoms with Crippen molar-refractivity contribution < 1.29 is 28.7 Å². The number of fused-ring (bicyclic) bond motifs is 1. The first-order valence-corrected chi connectivity index (χ1v) is 7.87. The second-order valence-electron chi connectivity index (χ2n) is 5.26. The normalized spacial score (nSPS) is 12.5. The Bertz CT molecular complexity index is 718.